The Bertz CT molecular complexity index is 343. The van der Waals surface area contributed by atoms with E-state index < -0.39 is 0 Å². The fourth-order valence-corrected chi connectivity index (χ4v) is 2.34. The van der Waals surface area contributed by atoms with Crippen molar-refractivity contribution in [2.45, 2.75) is 44.6 Å². The van der Waals surface area contributed by atoms with E-state index in [4.69, 9.17) is 4.42 Å². The molecule has 1 saturated heterocycles. The summed E-state index contributed by atoms with van der Waals surface area (Å²) in [7, 11) is 0. The summed E-state index contributed by atoms with van der Waals surface area (Å²) in [5.41, 5.74) is 0. The van der Waals surface area contributed by atoms with Crippen molar-refractivity contribution in [3.8, 4) is 0 Å². The van der Waals surface area contributed by atoms with Crippen LogP contribution in [0.25, 0.3) is 0 Å². The Labute approximate surface area is 108 Å². The molecule has 2 N–H and O–H groups in total. The number of hydrogen-bond donors (Lipinski definition) is 2. The number of carbonyl (C=O) groups excluding carboxylic acids is 1. The molecule has 1 aromatic rings. The lowest BCUT2D eigenvalue weighted by atomic mass is 10.0. The van der Waals surface area contributed by atoms with Gasteiger partial charge in [-0.1, -0.05) is 6.42 Å². The standard InChI is InChI=1S/C14H22N2O2/c17-14(7-6-12-4-1-2-9-15-12)16-10-8-13-5-3-11-18-13/h3,5,11-12,15H,1-2,4,6-10H2,(H,16,17). The summed E-state index contributed by atoms with van der Waals surface area (Å²) in [5, 5.41) is 6.39. The van der Waals surface area contributed by atoms with Gasteiger partial charge in [-0.05, 0) is 37.9 Å². The monoisotopic (exact) mass is 250 g/mol. The molecule has 0 saturated carbocycles. The molecule has 4 nitrogen and oxygen atoms in total. The van der Waals surface area contributed by atoms with Crippen LogP contribution in [0.4, 0.5) is 0 Å². The molecule has 0 aliphatic carbocycles. The molecule has 0 radical (unpaired) electrons. The molecule has 1 fully saturated rings. The quantitative estimate of drug-likeness (QED) is 0.810. The van der Waals surface area contributed by atoms with Crippen LogP contribution in [-0.4, -0.2) is 25.0 Å². The Morgan fingerprint density at radius 1 is 1.50 bits per heavy atom. The number of rotatable bonds is 6. The van der Waals surface area contributed by atoms with E-state index in [1.54, 1.807) is 6.26 Å². The number of furan rings is 1. The summed E-state index contributed by atoms with van der Waals surface area (Å²) in [6, 6.07) is 4.33. The third-order valence-electron chi connectivity index (χ3n) is 3.41. The van der Waals surface area contributed by atoms with Gasteiger partial charge in [-0.15, -0.1) is 0 Å². The summed E-state index contributed by atoms with van der Waals surface area (Å²) < 4.78 is 5.21. The van der Waals surface area contributed by atoms with Crippen LogP contribution >= 0.6 is 0 Å². The Balaban J connectivity index is 1.54. The summed E-state index contributed by atoms with van der Waals surface area (Å²) in [5.74, 6) is 1.07. The molecule has 2 heterocycles. The predicted molar refractivity (Wildman–Crippen MR) is 70.3 cm³/mol. The molecule has 100 valence electrons. The third kappa shape index (κ3) is 4.53. The smallest absolute Gasteiger partial charge is 0.220 e. The lowest BCUT2D eigenvalue weighted by Gasteiger charge is -2.23. The molecule has 0 spiro atoms. The molecule has 1 aliphatic rings. The van der Waals surface area contributed by atoms with Gasteiger partial charge in [0, 0.05) is 25.4 Å². The molecule has 1 amide bonds. The van der Waals surface area contributed by atoms with Crippen LogP contribution in [-0.2, 0) is 11.2 Å². The highest BCUT2D eigenvalue weighted by molar-refractivity contribution is 5.75. The zero-order chi connectivity index (χ0) is 12.6. The van der Waals surface area contributed by atoms with Gasteiger partial charge >= 0.3 is 0 Å². The van der Waals surface area contributed by atoms with Gasteiger partial charge in [-0.3, -0.25) is 4.79 Å². The van der Waals surface area contributed by atoms with E-state index >= 15 is 0 Å². The van der Waals surface area contributed by atoms with Gasteiger partial charge in [-0.2, -0.15) is 0 Å². The number of amides is 1. The maximum Gasteiger partial charge on any atom is 0.220 e. The Kier molecular flexibility index (Phi) is 5.27. The van der Waals surface area contributed by atoms with Gasteiger partial charge in [0.05, 0.1) is 6.26 Å². The Morgan fingerprint density at radius 2 is 2.44 bits per heavy atom. The average Bonchev–Trinajstić information content (AvgIpc) is 2.91. The van der Waals surface area contributed by atoms with Gasteiger partial charge in [0.25, 0.3) is 0 Å². The highest BCUT2D eigenvalue weighted by Gasteiger charge is 2.13. The van der Waals surface area contributed by atoms with Crippen molar-refractivity contribution in [3.63, 3.8) is 0 Å². The maximum atomic E-state index is 11.6. The largest absolute Gasteiger partial charge is 0.469 e. The zero-order valence-electron chi connectivity index (χ0n) is 10.8. The first kappa shape index (κ1) is 13.1. The van der Waals surface area contributed by atoms with Gasteiger partial charge in [0.2, 0.25) is 5.91 Å². The number of carbonyl (C=O) groups is 1. The fraction of sp³-hybridized carbons (Fsp3) is 0.643. The first-order valence-corrected chi connectivity index (χ1v) is 6.87. The van der Waals surface area contributed by atoms with Crippen LogP contribution in [0, 0.1) is 0 Å². The van der Waals surface area contributed by atoms with E-state index in [1.807, 2.05) is 12.1 Å². The molecule has 4 heteroatoms. The van der Waals surface area contributed by atoms with E-state index in [-0.39, 0.29) is 5.91 Å². The zero-order valence-corrected chi connectivity index (χ0v) is 10.8. The molecular formula is C14H22N2O2. The molecule has 1 unspecified atom stereocenters. The summed E-state index contributed by atoms with van der Waals surface area (Å²) in [4.78, 5) is 11.6. The lowest BCUT2D eigenvalue weighted by molar-refractivity contribution is -0.121. The highest BCUT2D eigenvalue weighted by atomic mass is 16.3. The third-order valence-corrected chi connectivity index (χ3v) is 3.41. The van der Waals surface area contributed by atoms with E-state index in [1.165, 1.54) is 19.3 Å². The van der Waals surface area contributed by atoms with E-state index in [0.29, 0.717) is 19.0 Å². The first-order chi connectivity index (χ1) is 8.84. The number of hydrogen-bond acceptors (Lipinski definition) is 3. The number of piperidine rings is 1. The van der Waals surface area contributed by atoms with Crippen LogP contribution in [0.15, 0.2) is 22.8 Å². The second kappa shape index (κ2) is 7.21. The first-order valence-electron chi connectivity index (χ1n) is 6.87. The van der Waals surface area contributed by atoms with Crippen molar-refractivity contribution in [2.24, 2.45) is 0 Å². The second-order valence-electron chi connectivity index (χ2n) is 4.86. The molecular weight excluding hydrogens is 228 g/mol. The van der Waals surface area contributed by atoms with Crippen LogP contribution < -0.4 is 10.6 Å². The molecule has 2 rings (SSSR count). The van der Waals surface area contributed by atoms with Crippen LogP contribution in [0.3, 0.4) is 0 Å². The van der Waals surface area contributed by atoms with Crippen molar-refractivity contribution >= 4 is 5.91 Å². The van der Waals surface area contributed by atoms with Crippen molar-refractivity contribution in [1.29, 1.82) is 0 Å². The van der Waals surface area contributed by atoms with Gasteiger partial charge in [0.15, 0.2) is 0 Å². The minimum absolute atomic E-state index is 0.147. The maximum absolute atomic E-state index is 11.6. The molecule has 0 aromatic carbocycles. The van der Waals surface area contributed by atoms with Crippen molar-refractivity contribution in [1.82, 2.24) is 10.6 Å². The van der Waals surface area contributed by atoms with Gasteiger partial charge in [0.1, 0.15) is 5.76 Å². The summed E-state index contributed by atoms with van der Waals surface area (Å²) >= 11 is 0. The SMILES string of the molecule is O=C(CCC1CCCCN1)NCCc1ccco1. The Hall–Kier alpha value is -1.29. The lowest BCUT2D eigenvalue weighted by Crippen LogP contribution is -2.35. The minimum Gasteiger partial charge on any atom is -0.469 e. The van der Waals surface area contributed by atoms with E-state index in [9.17, 15) is 4.79 Å². The van der Waals surface area contributed by atoms with Crippen molar-refractivity contribution in [3.05, 3.63) is 24.2 Å². The minimum atomic E-state index is 0.147. The Morgan fingerprint density at radius 3 is 3.17 bits per heavy atom. The topological polar surface area (TPSA) is 54.3 Å². The van der Waals surface area contributed by atoms with Crippen LogP contribution in [0.2, 0.25) is 0 Å². The normalized spacial score (nSPS) is 19.7. The van der Waals surface area contributed by atoms with E-state index in [2.05, 4.69) is 10.6 Å². The summed E-state index contributed by atoms with van der Waals surface area (Å²) in [6.45, 7) is 1.76. The molecule has 0 bridgehead atoms. The highest BCUT2D eigenvalue weighted by Crippen LogP contribution is 2.11. The van der Waals surface area contributed by atoms with Crippen LogP contribution in [0.1, 0.15) is 37.9 Å². The van der Waals surface area contributed by atoms with Crippen molar-refractivity contribution < 1.29 is 9.21 Å². The van der Waals surface area contributed by atoms with Crippen molar-refractivity contribution in [2.75, 3.05) is 13.1 Å². The van der Waals surface area contributed by atoms with E-state index in [0.717, 1.165) is 25.1 Å². The average molecular weight is 250 g/mol. The molecule has 18 heavy (non-hydrogen) atoms. The summed E-state index contributed by atoms with van der Waals surface area (Å²) in [6.07, 6.45) is 7.76. The molecule has 1 aromatic heterocycles. The molecule has 1 atom stereocenters. The number of nitrogens with one attached hydrogen (secondary N) is 2. The fourth-order valence-electron chi connectivity index (χ4n) is 2.34. The van der Waals surface area contributed by atoms with Crippen LogP contribution in [0.5, 0.6) is 0 Å². The molecule has 1 aliphatic heterocycles. The predicted octanol–water partition coefficient (Wildman–Crippen LogP) is 1.86. The second-order valence-corrected chi connectivity index (χ2v) is 4.86. The van der Waals surface area contributed by atoms with Gasteiger partial charge < -0.3 is 15.1 Å². The van der Waals surface area contributed by atoms with Gasteiger partial charge in [-0.25, -0.2) is 0 Å².